The van der Waals surface area contributed by atoms with Gasteiger partial charge in [-0.25, -0.2) is 8.78 Å². The Bertz CT molecular complexity index is 1270. The molecule has 0 atom stereocenters. The van der Waals surface area contributed by atoms with Crippen molar-refractivity contribution in [2.45, 2.75) is 39.5 Å². The van der Waals surface area contributed by atoms with Crippen LogP contribution in [0.2, 0.25) is 0 Å². The van der Waals surface area contributed by atoms with Crippen molar-refractivity contribution in [3.05, 3.63) is 106 Å². The lowest BCUT2D eigenvalue weighted by Gasteiger charge is -2.16. The minimum Gasteiger partial charge on any atom is -0.468 e. The van der Waals surface area contributed by atoms with E-state index in [-0.39, 0.29) is 18.1 Å². The normalized spacial score (nSPS) is 10.9. The van der Waals surface area contributed by atoms with Crippen molar-refractivity contribution in [2.75, 3.05) is 13.7 Å². The fraction of sp³-hybridized carbons (Fsp3) is 0.286. The SMILES string of the molecule is CC.COC(=O)CNC(=O)c1c(F)cccc1F.Cc1cccc(Cc2ccc(C(F)(F)F)cc2C(F)(F)F)c1. The molecule has 0 saturated carbocycles. The quantitative estimate of drug-likeness (QED) is 0.252. The first-order valence-electron chi connectivity index (χ1n) is 11.8. The number of rotatable bonds is 5. The Morgan fingerprint density at radius 1 is 0.825 bits per heavy atom. The summed E-state index contributed by atoms with van der Waals surface area (Å²) >= 11 is 0. The highest BCUT2D eigenvalue weighted by atomic mass is 19.4. The molecule has 0 unspecified atom stereocenters. The van der Waals surface area contributed by atoms with E-state index in [0.29, 0.717) is 11.6 Å². The number of hydrogen-bond donors (Lipinski definition) is 1. The molecule has 0 fully saturated rings. The van der Waals surface area contributed by atoms with Crippen LogP contribution in [0.15, 0.2) is 60.7 Å². The van der Waals surface area contributed by atoms with Gasteiger partial charge in [0.2, 0.25) is 0 Å². The van der Waals surface area contributed by atoms with E-state index in [1.807, 2.05) is 19.2 Å². The van der Waals surface area contributed by atoms with Crippen LogP contribution in [0.1, 0.15) is 52.0 Å². The molecule has 0 spiro atoms. The van der Waals surface area contributed by atoms with Crippen molar-refractivity contribution in [2.24, 2.45) is 0 Å². The van der Waals surface area contributed by atoms with Crippen molar-refractivity contribution >= 4 is 11.9 Å². The highest BCUT2D eigenvalue weighted by molar-refractivity contribution is 5.96. The van der Waals surface area contributed by atoms with Gasteiger partial charge < -0.3 is 10.1 Å². The summed E-state index contributed by atoms with van der Waals surface area (Å²) in [6, 6.07) is 11.6. The number of benzene rings is 3. The van der Waals surface area contributed by atoms with E-state index < -0.39 is 59.1 Å². The predicted octanol–water partition coefficient (Wildman–Crippen LogP) is 7.52. The first kappa shape index (κ1) is 34.1. The van der Waals surface area contributed by atoms with Gasteiger partial charge in [0.05, 0.1) is 18.2 Å². The van der Waals surface area contributed by atoms with Gasteiger partial charge in [0.1, 0.15) is 23.7 Å². The van der Waals surface area contributed by atoms with Gasteiger partial charge in [-0.15, -0.1) is 0 Å². The second-order valence-corrected chi connectivity index (χ2v) is 7.89. The summed E-state index contributed by atoms with van der Waals surface area (Å²) in [4.78, 5) is 22.0. The summed E-state index contributed by atoms with van der Waals surface area (Å²) in [6.45, 7) is 5.35. The predicted molar refractivity (Wildman–Crippen MR) is 132 cm³/mol. The highest BCUT2D eigenvalue weighted by Crippen LogP contribution is 2.38. The molecule has 0 radical (unpaired) electrons. The number of amides is 1. The van der Waals surface area contributed by atoms with Crippen LogP contribution in [-0.2, 0) is 28.3 Å². The van der Waals surface area contributed by atoms with E-state index in [2.05, 4.69) is 4.74 Å². The molecule has 0 heterocycles. The number of esters is 1. The molecular weight excluding hydrogens is 550 g/mol. The number of carbonyl (C=O) groups excluding carboxylic acids is 2. The molecule has 0 aliphatic rings. The minimum absolute atomic E-state index is 0.0747. The lowest BCUT2D eigenvalue weighted by Crippen LogP contribution is -2.31. The Balaban J connectivity index is 0.000000394. The zero-order valence-electron chi connectivity index (χ0n) is 21.9. The average molecular weight is 578 g/mol. The van der Waals surface area contributed by atoms with Gasteiger partial charge in [0.15, 0.2) is 0 Å². The lowest BCUT2D eigenvalue weighted by atomic mass is 9.96. The van der Waals surface area contributed by atoms with Crippen LogP contribution in [-0.4, -0.2) is 25.5 Å². The molecule has 4 nitrogen and oxygen atoms in total. The summed E-state index contributed by atoms with van der Waals surface area (Å²) in [5.74, 6) is -3.67. The van der Waals surface area contributed by atoms with Gasteiger partial charge in [0, 0.05) is 0 Å². The molecule has 0 aliphatic carbocycles. The smallest absolute Gasteiger partial charge is 0.416 e. The molecule has 0 bridgehead atoms. The second kappa shape index (κ2) is 15.0. The first-order chi connectivity index (χ1) is 18.6. The summed E-state index contributed by atoms with van der Waals surface area (Å²) in [5.41, 5.74) is -1.95. The molecule has 3 aromatic rings. The van der Waals surface area contributed by atoms with Gasteiger partial charge in [-0.05, 0) is 48.7 Å². The van der Waals surface area contributed by atoms with Crippen LogP contribution in [0.3, 0.4) is 0 Å². The molecule has 3 aromatic carbocycles. The van der Waals surface area contributed by atoms with Crippen LogP contribution >= 0.6 is 0 Å². The molecule has 1 N–H and O–H groups in total. The van der Waals surface area contributed by atoms with Crippen molar-refractivity contribution < 1.29 is 49.4 Å². The molecule has 0 aliphatic heterocycles. The van der Waals surface area contributed by atoms with E-state index >= 15 is 0 Å². The maximum Gasteiger partial charge on any atom is 0.416 e. The van der Waals surface area contributed by atoms with Crippen LogP contribution in [0.4, 0.5) is 35.1 Å². The van der Waals surface area contributed by atoms with Crippen LogP contribution < -0.4 is 5.32 Å². The number of ether oxygens (including phenoxy) is 1. The van der Waals surface area contributed by atoms with E-state index in [1.54, 1.807) is 31.2 Å². The number of carbonyl (C=O) groups is 2. The number of nitrogens with one attached hydrogen (secondary N) is 1. The van der Waals surface area contributed by atoms with Gasteiger partial charge in [-0.3, -0.25) is 9.59 Å². The van der Waals surface area contributed by atoms with Crippen LogP contribution in [0.5, 0.6) is 0 Å². The molecular formula is C28H27F8NO3. The fourth-order valence-electron chi connectivity index (χ4n) is 3.24. The van der Waals surface area contributed by atoms with E-state index in [9.17, 15) is 44.7 Å². The zero-order chi connectivity index (χ0) is 30.7. The molecule has 0 aromatic heterocycles. The lowest BCUT2D eigenvalue weighted by molar-refractivity contribution is -0.143. The van der Waals surface area contributed by atoms with Crippen LogP contribution in [0.25, 0.3) is 0 Å². The summed E-state index contributed by atoms with van der Waals surface area (Å²) in [7, 11) is 1.14. The maximum atomic E-state index is 13.1. The third-order valence-electron chi connectivity index (χ3n) is 5.03. The van der Waals surface area contributed by atoms with E-state index in [0.717, 1.165) is 36.9 Å². The number of methoxy groups -OCH3 is 1. The van der Waals surface area contributed by atoms with Gasteiger partial charge in [0.25, 0.3) is 5.91 Å². The summed E-state index contributed by atoms with van der Waals surface area (Å²) in [6.07, 6.45) is -9.71. The molecule has 0 saturated heterocycles. The van der Waals surface area contributed by atoms with Crippen molar-refractivity contribution in [1.82, 2.24) is 5.32 Å². The van der Waals surface area contributed by atoms with Crippen LogP contribution in [0, 0.1) is 18.6 Å². The second-order valence-electron chi connectivity index (χ2n) is 7.89. The van der Waals surface area contributed by atoms with Crippen molar-refractivity contribution in [3.63, 3.8) is 0 Å². The minimum atomic E-state index is -4.83. The highest BCUT2D eigenvalue weighted by Gasteiger charge is 2.38. The van der Waals surface area contributed by atoms with E-state index in [4.69, 9.17) is 0 Å². The Morgan fingerprint density at radius 2 is 1.40 bits per heavy atom. The fourth-order valence-corrected chi connectivity index (χ4v) is 3.24. The number of aryl methyl sites for hydroxylation is 1. The monoisotopic (exact) mass is 577 g/mol. The molecule has 40 heavy (non-hydrogen) atoms. The first-order valence-corrected chi connectivity index (χ1v) is 11.8. The molecule has 1 amide bonds. The third kappa shape index (κ3) is 10.3. The Kier molecular flexibility index (Phi) is 12.8. The number of halogens is 8. The maximum absolute atomic E-state index is 13.1. The molecule has 218 valence electrons. The largest absolute Gasteiger partial charge is 0.468 e. The standard InChI is InChI=1S/C16H12F6.C10H9F2NO3.C2H6/c1-10-3-2-4-11(7-10)8-12-5-6-13(15(17,18)19)9-14(12)16(20,21)22;1-16-8(14)5-13-10(15)9-6(11)3-2-4-7(9)12;1-2/h2-7,9H,8H2,1H3;2-4H,5H2,1H3,(H,13,15);1-2H3. The number of hydrogen-bond acceptors (Lipinski definition) is 3. The molecule has 12 heteroatoms. The van der Waals surface area contributed by atoms with Gasteiger partial charge >= 0.3 is 18.3 Å². The number of alkyl halides is 6. The summed E-state index contributed by atoms with van der Waals surface area (Å²) < 4.78 is 107. The van der Waals surface area contributed by atoms with Gasteiger partial charge in [-0.1, -0.05) is 55.8 Å². The van der Waals surface area contributed by atoms with Crippen molar-refractivity contribution in [3.8, 4) is 0 Å². The van der Waals surface area contributed by atoms with E-state index in [1.165, 1.54) is 0 Å². The third-order valence-corrected chi connectivity index (χ3v) is 5.03. The Labute approximate surface area is 226 Å². The Hall–Kier alpha value is -3.96. The summed E-state index contributed by atoms with van der Waals surface area (Å²) in [5, 5.41) is 2.04. The average Bonchev–Trinajstić information content (AvgIpc) is 2.87. The van der Waals surface area contributed by atoms with Crippen molar-refractivity contribution in [1.29, 1.82) is 0 Å². The topological polar surface area (TPSA) is 55.4 Å². The molecule has 3 rings (SSSR count). The Morgan fingerprint density at radius 3 is 1.90 bits per heavy atom. The zero-order valence-corrected chi connectivity index (χ0v) is 21.9. The van der Waals surface area contributed by atoms with Gasteiger partial charge in [-0.2, -0.15) is 26.3 Å².